The van der Waals surface area contributed by atoms with Crippen LogP contribution >= 0.6 is 0 Å². The van der Waals surface area contributed by atoms with E-state index >= 15 is 0 Å². The second kappa shape index (κ2) is 12.8. The number of ether oxygens (including phenoxy) is 3. The van der Waals surface area contributed by atoms with Crippen molar-refractivity contribution in [1.29, 1.82) is 0 Å². The number of nitrogens with one attached hydrogen (secondary N) is 1. The van der Waals surface area contributed by atoms with E-state index in [2.05, 4.69) is 20.3 Å². The second-order valence-electron chi connectivity index (χ2n) is 9.44. The van der Waals surface area contributed by atoms with Gasteiger partial charge in [-0.1, -0.05) is 24.3 Å². The molecule has 0 aliphatic carbocycles. The summed E-state index contributed by atoms with van der Waals surface area (Å²) in [6.45, 7) is 2.42. The summed E-state index contributed by atoms with van der Waals surface area (Å²) in [4.78, 5) is 37.0. The number of hydrogen-bond donors (Lipinski definition) is 2. The molecule has 0 spiro atoms. The lowest BCUT2D eigenvalue weighted by Gasteiger charge is -2.13. The molecule has 0 fully saturated rings. The van der Waals surface area contributed by atoms with Crippen LogP contribution in [0.2, 0.25) is 0 Å². The summed E-state index contributed by atoms with van der Waals surface area (Å²) < 4.78 is 16.4. The summed E-state index contributed by atoms with van der Waals surface area (Å²) in [5.41, 5.74) is 10.5. The van der Waals surface area contributed by atoms with Crippen LogP contribution in [0.5, 0.6) is 17.4 Å². The monoisotopic (exact) mass is 563 g/mol. The number of nitrogens with two attached hydrogens (primary N) is 1. The fourth-order valence-electron chi connectivity index (χ4n) is 4.45. The lowest BCUT2D eigenvalue weighted by atomic mass is 10.0. The van der Waals surface area contributed by atoms with Crippen molar-refractivity contribution >= 4 is 28.6 Å². The predicted molar refractivity (Wildman–Crippen MR) is 159 cm³/mol. The molecule has 0 unspecified atom stereocenters. The summed E-state index contributed by atoms with van der Waals surface area (Å²) in [5, 5.41) is 3.67. The Labute approximate surface area is 242 Å². The summed E-state index contributed by atoms with van der Waals surface area (Å²) in [6.07, 6.45) is 3.86. The van der Waals surface area contributed by atoms with Crippen molar-refractivity contribution < 1.29 is 23.8 Å². The number of fused-ring (bicyclic) bond motifs is 1. The first-order valence-electron chi connectivity index (χ1n) is 13.3. The molecule has 3 aromatic carbocycles. The zero-order chi connectivity index (χ0) is 29.5. The highest BCUT2D eigenvalue weighted by molar-refractivity contribution is 6.05. The van der Waals surface area contributed by atoms with Gasteiger partial charge >= 0.3 is 6.09 Å². The van der Waals surface area contributed by atoms with Gasteiger partial charge in [0, 0.05) is 34.5 Å². The van der Waals surface area contributed by atoms with Crippen molar-refractivity contribution in [2.24, 2.45) is 5.73 Å². The minimum absolute atomic E-state index is 0.176. The Balaban J connectivity index is 1.22. The Morgan fingerprint density at radius 3 is 2.45 bits per heavy atom. The van der Waals surface area contributed by atoms with Gasteiger partial charge in [-0.2, -0.15) is 0 Å². The maximum atomic E-state index is 12.8. The van der Waals surface area contributed by atoms with Crippen LogP contribution in [0.3, 0.4) is 0 Å². The van der Waals surface area contributed by atoms with E-state index in [0.29, 0.717) is 29.5 Å². The molecule has 2 heterocycles. The van der Waals surface area contributed by atoms with Crippen LogP contribution in [0, 0.1) is 6.92 Å². The lowest BCUT2D eigenvalue weighted by molar-refractivity contribution is 0.102. The number of carbonyl (C=O) groups is 2. The number of benzene rings is 3. The third kappa shape index (κ3) is 6.61. The first-order valence-corrected chi connectivity index (χ1v) is 13.3. The van der Waals surface area contributed by atoms with Crippen molar-refractivity contribution in [2.75, 3.05) is 19.0 Å². The van der Waals surface area contributed by atoms with Gasteiger partial charge in [-0.3, -0.25) is 4.79 Å². The number of para-hydroxylation sites is 2. The van der Waals surface area contributed by atoms with Crippen LogP contribution in [0.1, 0.15) is 28.0 Å². The van der Waals surface area contributed by atoms with Gasteiger partial charge in [-0.25, -0.2) is 19.7 Å². The number of aryl methyl sites for hydroxylation is 2. The molecule has 2 amide bonds. The lowest BCUT2D eigenvalue weighted by Crippen LogP contribution is -2.18. The molecule has 0 aliphatic heterocycles. The zero-order valence-corrected chi connectivity index (χ0v) is 23.2. The number of hydrogen-bond acceptors (Lipinski definition) is 8. The highest BCUT2D eigenvalue weighted by Crippen LogP contribution is 2.33. The minimum atomic E-state index is -0.955. The van der Waals surface area contributed by atoms with Crippen LogP contribution < -0.4 is 25.3 Å². The summed E-state index contributed by atoms with van der Waals surface area (Å²) in [7, 11) is 1.59. The van der Waals surface area contributed by atoms with E-state index < -0.39 is 6.09 Å². The third-order valence-corrected chi connectivity index (χ3v) is 6.61. The number of pyridine rings is 1. The molecule has 0 atom stereocenters. The van der Waals surface area contributed by atoms with Crippen LogP contribution in [0.4, 0.5) is 10.5 Å². The molecule has 3 N–H and O–H groups in total. The quantitative estimate of drug-likeness (QED) is 0.205. The van der Waals surface area contributed by atoms with Crippen molar-refractivity contribution in [1.82, 2.24) is 15.0 Å². The Hall–Kier alpha value is -5.51. The van der Waals surface area contributed by atoms with Crippen molar-refractivity contribution in [3.8, 4) is 28.5 Å². The van der Waals surface area contributed by atoms with Gasteiger partial charge in [0.15, 0.2) is 5.75 Å². The molecule has 0 saturated carbocycles. The van der Waals surface area contributed by atoms with Crippen molar-refractivity contribution in [2.45, 2.75) is 19.8 Å². The van der Waals surface area contributed by atoms with Gasteiger partial charge in [0.1, 0.15) is 17.6 Å². The number of primary amides is 1. The maximum absolute atomic E-state index is 12.8. The van der Waals surface area contributed by atoms with Gasteiger partial charge in [-0.05, 0) is 73.4 Å². The van der Waals surface area contributed by atoms with E-state index in [1.807, 2.05) is 43.3 Å². The molecule has 10 nitrogen and oxygen atoms in total. The summed E-state index contributed by atoms with van der Waals surface area (Å²) in [5.74, 6) is 1.07. The summed E-state index contributed by atoms with van der Waals surface area (Å²) >= 11 is 0. The number of anilines is 1. The number of aromatic nitrogens is 3. The number of rotatable bonds is 10. The first-order chi connectivity index (χ1) is 20.4. The topological polar surface area (TPSA) is 139 Å². The Bertz CT molecular complexity index is 1720. The van der Waals surface area contributed by atoms with Gasteiger partial charge in [0.25, 0.3) is 5.91 Å². The highest BCUT2D eigenvalue weighted by atomic mass is 16.5. The van der Waals surface area contributed by atoms with E-state index in [9.17, 15) is 9.59 Å². The first kappa shape index (κ1) is 28.0. The molecular weight excluding hydrogens is 534 g/mol. The van der Waals surface area contributed by atoms with E-state index in [4.69, 9.17) is 19.9 Å². The Kier molecular flexibility index (Phi) is 8.53. The molecular formula is C32H29N5O5. The Morgan fingerprint density at radius 2 is 1.71 bits per heavy atom. The molecule has 212 valence electrons. The average molecular weight is 564 g/mol. The van der Waals surface area contributed by atoms with Crippen LogP contribution in [0.15, 0.2) is 85.3 Å². The Morgan fingerprint density at radius 1 is 0.905 bits per heavy atom. The predicted octanol–water partition coefficient (Wildman–Crippen LogP) is 5.73. The minimum Gasteiger partial charge on any atom is -0.491 e. The number of carbonyl (C=O) groups excluding carboxylic acids is 2. The van der Waals surface area contributed by atoms with Crippen LogP contribution in [-0.2, 0) is 6.42 Å². The normalized spacial score (nSPS) is 10.7. The maximum Gasteiger partial charge on any atom is 0.410 e. The molecule has 5 rings (SSSR count). The van der Waals surface area contributed by atoms with Crippen LogP contribution in [-0.4, -0.2) is 40.7 Å². The number of amides is 2. The van der Waals surface area contributed by atoms with Crippen LogP contribution in [0.25, 0.3) is 22.0 Å². The average Bonchev–Trinajstić information content (AvgIpc) is 3.00. The highest BCUT2D eigenvalue weighted by Gasteiger charge is 2.13. The molecule has 0 aliphatic rings. The van der Waals surface area contributed by atoms with Gasteiger partial charge < -0.3 is 25.3 Å². The summed E-state index contributed by atoms with van der Waals surface area (Å²) in [6, 6.07) is 21.7. The molecule has 42 heavy (non-hydrogen) atoms. The van der Waals surface area contributed by atoms with Gasteiger partial charge in [0.2, 0.25) is 5.88 Å². The molecule has 0 bridgehead atoms. The zero-order valence-electron chi connectivity index (χ0n) is 23.2. The van der Waals surface area contributed by atoms with E-state index in [-0.39, 0.29) is 11.7 Å². The SMILES string of the molecule is COc1ccc(-c2cc(OCCCc3ccc(C(=O)Nc4ccccc4OC(N)=O)cc3)c3ncnc(C)c3c2)cn1. The number of methoxy groups -OCH3 is 1. The number of nitrogens with zero attached hydrogens (tertiary/aromatic N) is 3. The van der Waals surface area contributed by atoms with E-state index in [1.54, 1.807) is 56.0 Å². The van der Waals surface area contributed by atoms with Crippen molar-refractivity contribution in [3.05, 3.63) is 102 Å². The molecule has 0 saturated heterocycles. The standard InChI is InChI=1S/C32H29N5O5/c1-20-25-16-24(23-13-14-29(40-2)34-18-23)17-28(30(25)36-19-35-20)41-15-5-6-21-9-11-22(12-10-21)31(38)37-26-7-3-4-8-27(26)42-32(33)39/h3-4,7-14,16-19H,5-6,15H2,1-2H3,(H2,33,39)(H,37,38). The van der Waals surface area contributed by atoms with E-state index in [1.165, 1.54) is 0 Å². The smallest absolute Gasteiger partial charge is 0.410 e. The van der Waals surface area contributed by atoms with E-state index in [0.717, 1.165) is 46.1 Å². The molecule has 5 aromatic rings. The second-order valence-corrected chi connectivity index (χ2v) is 9.44. The van der Waals surface area contributed by atoms with Gasteiger partial charge in [0.05, 0.1) is 19.4 Å². The largest absolute Gasteiger partial charge is 0.491 e. The third-order valence-electron chi connectivity index (χ3n) is 6.61. The van der Waals surface area contributed by atoms with Gasteiger partial charge in [-0.15, -0.1) is 0 Å². The fourth-order valence-corrected chi connectivity index (χ4v) is 4.45. The molecule has 2 aromatic heterocycles. The molecule has 10 heteroatoms. The van der Waals surface area contributed by atoms with Crippen molar-refractivity contribution in [3.63, 3.8) is 0 Å². The fraction of sp³-hybridized carbons (Fsp3) is 0.156. The molecule has 0 radical (unpaired) electrons.